The van der Waals surface area contributed by atoms with Gasteiger partial charge in [0, 0.05) is 10.8 Å². The van der Waals surface area contributed by atoms with Crippen LogP contribution in [0.25, 0.3) is 19.5 Å². The molecule has 0 unspecified atom stereocenters. The Kier molecular flexibility index (Phi) is 6.25. The molecule has 0 saturated heterocycles. The number of aliphatic hydroxyl groups is 1. The third-order valence-electron chi connectivity index (χ3n) is 5.02. The molecule has 1 aliphatic rings. The van der Waals surface area contributed by atoms with Crippen LogP contribution in [0.4, 0.5) is 0 Å². The Bertz CT molecular complexity index is 989. The van der Waals surface area contributed by atoms with Crippen molar-refractivity contribution in [3.05, 3.63) is 10.8 Å². The van der Waals surface area contributed by atoms with Crippen LogP contribution < -0.4 is 28.4 Å². The summed E-state index contributed by atoms with van der Waals surface area (Å²) in [4.78, 5) is 3.55. The van der Waals surface area contributed by atoms with E-state index >= 15 is 0 Å². The maximum atomic E-state index is 9.87. The molecule has 0 fully saturated rings. The second-order valence-electron chi connectivity index (χ2n) is 7.30. The molecule has 0 bridgehead atoms. The quantitative estimate of drug-likeness (QED) is 0.505. The van der Waals surface area contributed by atoms with Gasteiger partial charge < -0.3 is 33.5 Å². The van der Waals surface area contributed by atoms with Gasteiger partial charge in [-0.3, -0.25) is 0 Å². The first-order valence-corrected chi connectivity index (χ1v) is 12.0. The maximum absolute atomic E-state index is 9.87. The highest BCUT2D eigenvalue weighted by Gasteiger charge is 2.36. The number of ether oxygens (including phenoxy) is 6. The van der Waals surface area contributed by atoms with Gasteiger partial charge in [0.15, 0.2) is 34.5 Å². The molecule has 10 heteroatoms. The lowest BCUT2D eigenvalue weighted by Crippen LogP contribution is -2.33. The van der Waals surface area contributed by atoms with Gasteiger partial charge in [-0.15, -0.1) is 34.0 Å². The van der Waals surface area contributed by atoms with Crippen LogP contribution in [0.15, 0.2) is 10.8 Å². The van der Waals surface area contributed by atoms with Crippen molar-refractivity contribution in [2.24, 2.45) is 5.41 Å². The van der Waals surface area contributed by atoms with Crippen LogP contribution in [-0.4, -0.2) is 53.4 Å². The van der Waals surface area contributed by atoms with Gasteiger partial charge in [-0.05, 0) is 0 Å². The van der Waals surface area contributed by atoms with Gasteiger partial charge in [-0.25, -0.2) is 0 Å². The molecule has 3 aromatic rings. The van der Waals surface area contributed by atoms with Gasteiger partial charge in [0.05, 0.1) is 73.2 Å². The van der Waals surface area contributed by atoms with Crippen molar-refractivity contribution < 1.29 is 33.5 Å². The predicted octanol–water partition coefficient (Wildman–Crippen LogP) is 5.01. The van der Waals surface area contributed by atoms with E-state index in [0.717, 1.165) is 19.5 Å². The zero-order chi connectivity index (χ0) is 22.2. The number of methoxy groups -OCH3 is 4. The number of hydrogen-bond donors (Lipinski definition) is 1. The monoisotopic (exact) mass is 484 g/mol. The van der Waals surface area contributed by atoms with Gasteiger partial charge in [0.25, 0.3) is 0 Å². The summed E-state index contributed by atoms with van der Waals surface area (Å²) in [6.45, 7) is 2.55. The number of rotatable bonds is 7. The fourth-order valence-corrected chi connectivity index (χ4v) is 6.67. The minimum Gasteiger partial charge on any atom is -0.492 e. The van der Waals surface area contributed by atoms with Crippen molar-refractivity contribution in [1.82, 2.24) is 0 Å². The summed E-state index contributed by atoms with van der Waals surface area (Å²) < 4.78 is 34.7. The zero-order valence-electron chi connectivity index (χ0n) is 17.9. The van der Waals surface area contributed by atoms with E-state index in [1.54, 1.807) is 39.8 Å². The van der Waals surface area contributed by atoms with Crippen LogP contribution in [0.1, 0.15) is 6.92 Å². The standard InChI is InChI=1S/C21H24O7S3/c1-21(8-22)9-27-15-16(28-10-21)20(18-14(26-5)12(24-3)7-30-18)31-19(15)17-13(25-4)11(23-2)6-29-17/h6-7,22H,8-10H2,1-5H3. The zero-order valence-corrected chi connectivity index (χ0v) is 20.3. The van der Waals surface area contributed by atoms with Crippen molar-refractivity contribution in [2.75, 3.05) is 48.3 Å². The Balaban J connectivity index is 1.93. The second kappa shape index (κ2) is 8.78. The Morgan fingerprint density at radius 3 is 1.61 bits per heavy atom. The van der Waals surface area contributed by atoms with Crippen LogP contribution in [0.3, 0.4) is 0 Å². The first-order valence-electron chi connectivity index (χ1n) is 9.43. The molecule has 0 atom stereocenters. The Morgan fingerprint density at radius 1 is 0.806 bits per heavy atom. The number of fused-ring (bicyclic) bond motifs is 1. The maximum Gasteiger partial charge on any atom is 0.181 e. The van der Waals surface area contributed by atoms with Crippen molar-refractivity contribution in [3.8, 4) is 54.0 Å². The second-order valence-corrected chi connectivity index (χ2v) is 10.1. The van der Waals surface area contributed by atoms with Crippen LogP contribution in [0, 0.1) is 5.41 Å². The number of aliphatic hydroxyl groups excluding tert-OH is 1. The molecule has 0 aliphatic carbocycles. The molecule has 1 aliphatic heterocycles. The molecule has 7 nitrogen and oxygen atoms in total. The highest BCUT2D eigenvalue weighted by molar-refractivity contribution is 7.27. The third kappa shape index (κ3) is 3.71. The van der Waals surface area contributed by atoms with Crippen molar-refractivity contribution in [3.63, 3.8) is 0 Å². The largest absolute Gasteiger partial charge is 0.492 e. The minimum absolute atomic E-state index is 0.0440. The van der Waals surface area contributed by atoms with Crippen LogP contribution >= 0.6 is 34.0 Å². The summed E-state index contributed by atoms with van der Waals surface area (Å²) in [5.41, 5.74) is -0.514. The smallest absolute Gasteiger partial charge is 0.181 e. The normalized spacial score (nSPS) is 14.8. The molecule has 0 amide bonds. The molecule has 168 valence electrons. The van der Waals surface area contributed by atoms with E-state index in [0.29, 0.717) is 47.7 Å². The Labute approximate surface area is 192 Å². The van der Waals surface area contributed by atoms with Crippen LogP contribution in [0.5, 0.6) is 34.5 Å². The molecule has 3 aromatic heterocycles. The van der Waals surface area contributed by atoms with Crippen LogP contribution in [-0.2, 0) is 0 Å². The summed E-state index contributed by atoms with van der Waals surface area (Å²) in [6, 6.07) is 0. The third-order valence-corrected chi connectivity index (χ3v) is 8.38. The first-order chi connectivity index (χ1) is 15.0. The molecular weight excluding hydrogens is 460 g/mol. The van der Waals surface area contributed by atoms with Crippen LogP contribution in [0.2, 0.25) is 0 Å². The average molecular weight is 485 g/mol. The average Bonchev–Trinajstić information content (AvgIpc) is 3.46. The lowest BCUT2D eigenvalue weighted by Gasteiger charge is -2.23. The van der Waals surface area contributed by atoms with Gasteiger partial charge in [0.1, 0.15) is 0 Å². The van der Waals surface area contributed by atoms with Gasteiger partial charge in [-0.2, -0.15) is 0 Å². The Morgan fingerprint density at radius 2 is 1.26 bits per heavy atom. The molecule has 0 saturated carbocycles. The van der Waals surface area contributed by atoms with Gasteiger partial charge >= 0.3 is 0 Å². The molecule has 31 heavy (non-hydrogen) atoms. The molecular formula is C21H24O7S3. The van der Waals surface area contributed by atoms with E-state index < -0.39 is 5.41 Å². The number of thiophene rings is 3. The summed E-state index contributed by atoms with van der Waals surface area (Å²) >= 11 is 4.57. The minimum atomic E-state index is -0.514. The molecule has 0 aromatic carbocycles. The summed E-state index contributed by atoms with van der Waals surface area (Å²) in [6.07, 6.45) is 0. The molecule has 1 N–H and O–H groups in total. The molecule has 4 rings (SSSR count). The van der Waals surface area contributed by atoms with E-state index in [2.05, 4.69) is 0 Å². The lowest BCUT2D eigenvalue weighted by atomic mass is 9.94. The highest BCUT2D eigenvalue weighted by Crippen LogP contribution is 2.60. The van der Waals surface area contributed by atoms with Crippen molar-refractivity contribution in [2.45, 2.75) is 6.92 Å². The van der Waals surface area contributed by atoms with Gasteiger partial charge in [0.2, 0.25) is 0 Å². The summed E-state index contributed by atoms with van der Waals surface area (Å²) in [5.74, 6) is 3.89. The lowest BCUT2D eigenvalue weighted by molar-refractivity contribution is 0.0546. The highest BCUT2D eigenvalue weighted by atomic mass is 32.1. The Hall–Kier alpha value is -2.14. The molecule has 0 radical (unpaired) electrons. The SMILES string of the molecule is COc1csc(-c2sc(-c3scc(OC)c3OC)c3c2OCC(C)(CO)CO3)c1OC. The van der Waals surface area contributed by atoms with Crippen molar-refractivity contribution >= 4 is 34.0 Å². The first kappa shape index (κ1) is 22.1. The molecule has 0 spiro atoms. The number of hydrogen-bond acceptors (Lipinski definition) is 10. The van der Waals surface area contributed by atoms with E-state index in [-0.39, 0.29) is 6.61 Å². The van der Waals surface area contributed by atoms with E-state index in [1.165, 1.54) is 22.7 Å². The summed E-state index contributed by atoms with van der Waals surface area (Å²) in [7, 11) is 6.47. The predicted molar refractivity (Wildman–Crippen MR) is 123 cm³/mol. The van der Waals surface area contributed by atoms with E-state index in [4.69, 9.17) is 28.4 Å². The van der Waals surface area contributed by atoms with E-state index in [1.807, 2.05) is 17.7 Å². The summed E-state index contributed by atoms with van der Waals surface area (Å²) in [5, 5.41) is 13.7. The van der Waals surface area contributed by atoms with Crippen molar-refractivity contribution in [1.29, 1.82) is 0 Å². The van der Waals surface area contributed by atoms with E-state index in [9.17, 15) is 5.11 Å². The molecule has 4 heterocycles. The fraction of sp³-hybridized carbons (Fsp3) is 0.429. The fourth-order valence-electron chi connectivity index (χ4n) is 3.23. The topological polar surface area (TPSA) is 75.6 Å². The van der Waals surface area contributed by atoms with Gasteiger partial charge in [-0.1, -0.05) is 6.92 Å².